The zero-order valence-electron chi connectivity index (χ0n) is 12.4. The summed E-state index contributed by atoms with van der Waals surface area (Å²) in [6.45, 7) is 0.254. The second-order valence-corrected chi connectivity index (χ2v) is 4.49. The first-order valence-corrected chi connectivity index (χ1v) is 6.53. The van der Waals surface area contributed by atoms with Gasteiger partial charge in [0, 0.05) is 23.9 Å². The second kappa shape index (κ2) is 8.93. The van der Waals surface area contributed by atoms with E-state index in [4.69, 9.17) is 10.5 Å². The molecule has 7 nitrogen and oxygen atoms in total. The Morgan fingerprint density at radius 1 is 1.30 bits per heavy atom. The predicted octanol–water partition coefficient (Wildman–Crippen LogP) is 3.15. The van der Waals surface area contributed by atoms with Crippen LogP contribution in [0.15, 0.2) is 53.5 Å². The van der Waals surface area contributed by atoms with E-state index in [1.165, 1.54) is 12.1 Å². The molecule has 2 rings (SSSR count). The van der Waals surface area contributed by atoms with Crippen molar-refractivity contribution in [3.63, 3.8) is 0 Å². The Morgan fingerprint density at radius 3 is 2.74 bits per heavy atom. The topological polar surface area (TPSA) is 103 Å². The van der Waals surface area contributed by atoms with Crippen molar-refractivity contribution in [1.82, 2.24) is 0 Å². The van der Waals surface area contributed by atoms with Crippen LogP contribution in [0.4, 0.5) is 11.4 Å². The average molecular weight is 428 g/mol. The highest BCUT2D eigenvalue weighted by molar-refractivity contribution is 14.0. The van der Waals surface area contributed by atoms with Crippen molar-refractivity contribution in [1.29, 1.82) is 0 Å². The second-order valence-electron chi connectivity index (χ2n) is 4.49. The van der Waals surface area contributed by atoms with E-state index in [0.29, 0.717) is 11.3 Å². The summed E-state index contributed by atoms with van der Waals surface area (Å²) in [6, 6.07) is 13.6. The Kier molecular flexibility index (Phi) is 7.26. The van der Waals surface area contributed by atoms with Gasteiger partial charge in [-0.15, -0.1) is 24.0 Å². The van der Waals surface area contributed by atoms with Gasteiger partial charge in [-0.1, -0.05) is 18.2 Å². The smallest absolute Gasteiger partial charge is 0.269 e. The minimum absolute atomic E-state index is 0. The van der Waals surface area contributed by atoms with Crippen molar-refractivity contribution in [2.24, 2.45) is 10.7 Å². The van der Waals surface area contributed by atoms with E-state index in [2.05, 4.69) is 10.3 Å². The minimum Gasteiger partial charge on any atom is -0.497 e. The third-order valence-corrected chi connectivity index (χ3v) is 2.90. The van der Waals surface area contributed by atoms with Gasteiger partial charge in [0.05, 0.1) is 18.6 Å². The molecule has 8 heteroatoms. The third kappa shape index (κ3) is 5.74. The summed E-state index contributed by atoms with van der Waals surface area (Å²) in [4.78, 5) is 14.4. The molecule has 0 atom stereocenters. The van der Waals surface area contributed by atoms with Gasteiger partial charge in [-0.25, -0.2) is 4.99 Å². The molecule has 122 valence electrons. The molecule has 0 saturated carbocycles. The number of hydrogen-bond donors (Lipinski definition) is 2. The number of nitro groups is 1. The van der Waals surface area contributed by atoms with E-state index in [1.54, 1.807) is 25.3 Å². The van der Waals surface area contributed by atoms with Crippen LogP contribution in [0.1, 0.15) is 5.56 Å². The number of ether oxygens (including phenoxy) is 1. The molecule has 0 spiro atoms. The molecule has 0 aliphatic heterocycles. The molecule has 0 amide bonds. The number of methoxy groups -OCH3 is 1. The number of nitro benzene ring substituents is 1. The maximum Gasteiger partial charge on any atom is 0.269 e. The Morgan fingerprint density at radius 2 is 2.04 bits per heavy atom. The van der Waals surface area contributed by atoms with Gasteiger partial charge in [-0.3, -0.25) is 10.1 Å². The normalized spacial score (nSPS) is 10.6. The summed E-state index contributed by atoms with van der Waals surface area (Å²) in [6.07, 6.45) is 0. The molecule has 0 aliphatic carbocycles. The Bertz CT molecular complexity index is 707. The van der Waals surface area contributed by atoms with Crippen molar-refractivity contribution in [2.75, 3.05) is 12.4 Å². The van der Waals surface area contributed by atoms with E-state index in [0.717, 1.165) is 5.69 Å². The average Bonchev–Trinajstić information content (AvgIpc) is 2.53. The summed E-state index contributed by atoms with van der Waals surface area (Å²) in [5, 5.41) is 13.7. The van der Waals surface area contributed by atoms with Gasteiger partial charge < -0.3 is 15.8 Å². The summed E-state index contributed by atoms with van der Waals surface area (Å²) in [5.74, 6) is 0.927. The maximum atomic E-state index is 10.7. The first-order valence-electron chi connectivity index (χ1n) is 6.53. The fraction of sp³-hybridized carbons (Fsp3) is 0.133. The molecule has 0 radical (unpaired) electrons. The maximum absolute atomic E-state index is 10.7. The molecule has 0 aliphatic rings. The summed E-state index contributed by atoms with van der Waals surface area (Å²) in [5.41, 5.74) is 7.30. The van der Waals surface area contributed by atoms with Crippen molar-refractivity contribution < 1.29 is 9.66 Å². The Labute approximate surface area is 150 Å². The summed E-state index contributed by atoms with van der Waals surface area (Å²) >= 11 is 0. The first-order chi connectivity index (χ1) is 10.6. The number of benzene rings is 2. The quantitative estimate of drug-likeness (QED) is 0.251. The lowest BCUT2D eigenvalue weighted by Gasteiger charge is -2.07. The highest BCUT2D eigenvalue weighted by atomic mass is 127. The molecule has 0 aromatic heterocycles. The highest BCUT2D eigenvalue weighted by Crippen LogP contribution is 2.17. The minimum atomic E-state index is -0.439. The number of non-ortho nitro benzene ring substituents is 1. The summed E-state index contributed by atoms with van der Waals surface area (Å²) in [7, 11) is 1.58. The fourth-order valence-corrected chi connectivity index (χ4v) is 1.83. The molecule has 0 fully saturated rings. The lowest BCUT2D eigenvalue weighted by molar-refractivity contribution is -0.384. The van der Waals surface area contributed by atoms with Gasteiger partial charge in [0.15, 0.2) is 5.96 Å². The van der Waals surface area contributed by atoms with Crippen molar-refractivity contribution in [3.05, 3.63) is 64.2 Å². The highest BCUT2D eigenvalue weighted by Gasteiger charge is 2.05. The van der Waals surface area contributed by atoms with E-state index in [9.17, 15) is 10.1 Å². The standard InChI is InChI=1S/C15H16N4O3.HI/c1-22-14-7-3-5-12(9-14)18-15(16)17-10-11-4-2-6-13(8-11)19(20)21;/h2-9H,10H2,1H3,(H3,16,17,18);1H. The van der Waals surface area contributed by atoms with Crippen molar-refractivity contribution in [2.45, 2.75) is 6.54 Å². The number of hydrogen-bond acceptors (Lipinski definition) is 4. The molecular weight excluding hydrogens is 411 g/mol. The van der Waals surface area contributed by atoms with Crippen LogP contribution in [0, 0.1) is 10.1 Å². The monoisotopic (exact) mass is 428 g/mol. The van der Waals surface area contributed by atoms with Crippen LogP contribution in [-0.2, 0) is 6.54 Å². The Balaban J connectivity index is 0.00000264. The van der Waals surface area contributed by atoms with Gasteiger partial charge in [0.25, 0.3) is 5.69 Å². The number of rotatable bonds is 5. The van der Waals surface area contributed by atoms with Crippen LogP contribution < -0.4 is 15.8 Å². The molecule has 2 aromatic rings. The van der Waals surface area contributed by atoms with E-state index in [1.807, 2.05) is 18.2 Å². The van der Waals surface area contributed by atoms with Crippen LogP contribution >= 0.6 is 24.0 Å². The van der Waals surface area contributed by atoms with Crippen molar-refractivity contribution in [3.8, 4) is 5.75 Å². The number of nitrogens with zero attached hydrogens (tertiary/aromatic N) is 2. The van der Waals surface area contributed by atoms with Crippen molar-refractivity contribution >= 4 is 41.3 Å². The molecule has 2 aromatic carbocycles. The summed E-state index contributed by atoms with van der Waals surface area (Å²) < 4.78 is 5.12. The molecule has 3 N–H and O–H groups in total. The molecule has 23 heavy (non-hydrogen) atoms. The largest absolute Gasteiger partial charge is 0.497 e. The Hall–Kier alpha value is -2.36. The number of halogens is 1. The third-order valence-electron chi connectivity index (χ3n) is 2.90. The van der Waals surface area contributed by atoms with E-state index < -0.39 is 4.92 Å². The fourth-order valence-electron chi connectivity index (χ4n) is 1.83. The molecule has 0 unspecified atom stereocenters. The number of aliphatic imine (C=N–C) groups is 1. The van der Waals surface area contributed by atoms with Gasteiger partial charge in [0.2, 0.25) is 0 Å². The van der Waals surface area contributed by atoms with Gasteiger partial charge in [-0.05, 0) is 17.7 Å². The SMILES string of the molecule is COc1cccc(NC(N)=NCc2cccc([N+](=O)[O-])c2)c1.I. The lowest BCUT2D eigenvalue weighted by atomic mass is 10.2. The number of nitrogens with two attached hydrogens (primary N) is 1. The number of anilines is 1. The number of guanidine groups is 1. The molecular formula is C15H17IN4O3. The lowest BCUT2D eigenvalue weighted by Crippen LogP contribution is -2.22. The van der Waals surface area contributed by atoms with Gasteiger partial charge >= 0.3 is 0 Å². The van der Waals surface area contributed by atoms with Crippen LogP contribution in [0.3, 0.4) is 0 Å². The zero-order chi connectivity index (χ0) is 15.9. The molecule has 0 heterocycles. The van der Waals surface area contributed by atoms with E-state index in [-0.39, 0.29) is 42.2 Å². The predicted molar refractivity (Wildman–Crippen MR) is 100 cm³/mol. The van der Waals surface area contributed by atoms with Gasteiger partial charge in [0.1, 0.15) is 5.75 Å². The molecule has 0 saturated heterocycles. The number of nitrogens with one attached hydrogen (secondary N) is 1. The van der Waals surface area contributed by atoms with Gasteiger partial charge in [-0.2, -0.15) is 0 Å². The van der Waals surface area contributed by atoms with Crippen LogP contribution in [-0.4, -0.2) is 18.0 Å². The van der Waals surface area contributed by atoms with Crippen LogP contribution in [0.25, 0.3) is 0 Å². The van der Waals surface area contributed by atoms with E-state index >= 15 is 0 Å². The zero-order valence-corrected chi connectivity index (χ0v) is 14.8. The first kappa shape index (κ1) is 18.7. The molecule has 0 bridgehead atoms. The van der Waals surface area contributed by atoms with Crippen LogP contribution in [0.5, 0.6) is 5.75 Å². The van der Waals surface area contributed by atoms with Crippen LogP contribution in [0.2, 0.25) is 0 Å².